The third-order valence-corrected chi connectivity index (χ3v) is 4.02. The highest BCUT2D eigenvalue weighted by atomic mass is 19.4. The maximum atomic E-state index is 12.5. The topological polar surface area (TPSA) is 52.6 Å². The van der Waals surface area contributed by atoms with Crippen LogP contribution in [0.15, 0.2) is 0 Å². The molecule has 2 heterocycles. The van der Waals surface area contributed by atoms with Gasteiger partial charge in [0.25, 0.3) is 0 Å². The number of carboxylic acids is 1. The van der Waals surface area contributed by atoms with Gasteiger partial charge in [0.05, 0.1) is 17.9 Å². The third-order valence-electron chi connectivity index (χ3n) is 4.02. The highest BCUT2D eigenvalue weighted by Gasteiger charge is 2.48. The number of carboxylic acid groups (broad SMARTS) is 1. The van der Waals surface area contributed by atoms with Crippen LogP contribution < -0.4 is 5.32 Å². The van der Waals surface area contributed by atoms with Crippen molar-refractivity contribution >= 4 is 5.97 Å². The van der Waals surface area contributed by atoms with Gasteiger partial charge in [0, 0.05) is 13.1 Å². The average Bonchev–Trinajstić information content (AvgIpc) is 2.22. The second-order valence-electron chi connectivity index (χ2n) is 5.20. The minimum atomic E-state index is -4.12. The second-order valence-corrected chi connectivity index (χ2v) is 5.20. The Morgan fingerprint density at radius 3 is 2.22 bits per heavy atom. The molecule has 0 amide bonds. The summed E-state index contributed by atoms with van der Waals surface area (Å²) < 4.78 is 37.6. The number of hydrogen-bond acceptors (Lipinski definition) is 3. The Kier molecular flexibility index (Phi) is 3.55. The molecule has 0 bridgehead atoms. The number of nitrogens with zero attached hydrogens (tertiary/aromatic N) is 1. The Bertz CT molecular complexity index is 321. The first-order chi connectivity index (χ1) is 8.33. The number of likely N-dealkylation sites (tertiary alicyclic amines) is 1. The molecule has 0 aromatic carbocycles. The molecule has 2 N–H and O–H groups in total. The molecular weight excluding hydrogens is 249 g/mol. The van der Waals surface area contributed by atoms with E-state index in [1.54, 1.807) is 0 Å². The Hall–Kier alpha value is -0.820. The summed E-state index contributed by atoms with van der Waals surface area (Å²) in [7, 11) is 0. The van der Waals surface area contributed by atoms with Gasteiger partial charge >= 0.3 is 12.1 Å². The molecule has 104 valence electrons. The molecule has 2 aliphatic rings. The number of alkyl halides is 3. The minimum Gasteiger partial charge on any atom is -0.481 e. The van der Waals surface area contributed by atoms with E-state index >= 15 is 0 Å². The van der Waals surface area contributed by atoms with Crippen molar-refractivity contribution in [3.8, 4) is 0 Å². The standard InChI is InChI=1S/C11H17F3N2O2/c12-11(13,14)8-1-3-16(4-2-8)10(5-9(17)18)6-15-7-10/h8,15H,1-7H2,(H,17,18). The van der Waals surface area contributed by atoms with Crippen LogP contribution in [0.2, 0.25) is 0 Å². The van der Waals surface area contributed by atoms with Gasteiger partial charge < -0.3 is 10.4 Å². The number of nitrogens with one attached hydrogen (secondary N) is 1. The lowest BCUT2D eigenvalue weighted by molar-refractivity contribution is -0.190. The molecule has 18 heavy (non-hydrogen) atoms. The van der Waals surface area contributed by atoms with E-state index < -0.39 is 23.6 Å². The summed E-state index contributed by atoms with van der Waals surface area (Å²) in [5.74, 6) is -2.13. The lowest BCUT2D eigenvalue weighted by atomic mass is 9.83. The van der Waals surface area contributed by atoms with Crippen molar-refractivity contribution in [2.24, 2.45) is 5.92 Å². The van der Waals surface area contributed by atoms with Gasteiger partial charge in [0.1, 0.15) is 0 Å². The molecule has 2 aliphatic heterocycles. The van der Waals surface area contributed by atoms with Gasteiger partial charge in [-0.05, 0) is 25.9 Å². The number of aliphatic carboxylic acids is 1. The zero-order chi connectivity index (χ0) is 13.4. The fourth-order valence-electron chi connectivity index (χ4n) is 2.84. The van der Waals surface area contributed by atoms with Crippen LogP contribution in [0, 0.1) is 5.92 Å². The van der Waals surface area contributed by atoms with Gasteiger partial charge in [-0.3, -0.25) is 9.69 Å². The van der Waals surface area contributed by atoms with Crippen LogP contribution in [0.5, 0.6) is 0 Å². The van der Waals surface area contributed by atoms with Crippen molar-refractivity contribution in [3.63, 3.8) is 0 Å². The Labute approximate surface area is 103 Å². The second kappa shape index (κ2) is 4.70. The van der Waals surface area contributed by atoms with E-state index in [1.165, 1.54) is 0 Å². The van der Waals surface area contributed by atoms with Crippen LogP contribution in [-0.4, -0.2) is 53.9 Å². The molecule has 2 saturated heterocycles. The van der Waals surface area contributed by atoms with Gasteiger partial charge in [-0.15, -0.1) is 0 Å². The van der Waals surface area contributed by atoms with E-state index in [0.29, 0.717) is 26.2 Å². The van der Waals surface area contributed by atoms with E-state index in [0.717, 1.165) is 0 Å². The molecule has 0 unspecified atom stereocenters. The van der Waals surface area contributed by atoms with E-state index in [-0.39, 0.29) is 19.3 Å². The van der Waals surface area contributed by atoms with E-state index in [2.05, 4.69) is 5.32 Å². The lowest BCUT2D eigenvalue weighted by Gasteiger charge is -2.52. The van der Waals surface area contributed by atoms with Crippen molar-refractivity contribution < 1.29 is 23.1 Å². The molecular formula is C11H17F3N2O2. The van der Waals surface area contributed by atoms with Gasteiger partial charge in [-0.2, -0.15) is 13.2 Å². The first-order valence-electron chi connectivity index (χ1n) is 6.08. The van der Waals surface area contributed by atoms with Gasteiger partial charge in [0.2, 0.25) is 0 Å². The van der Waals surface area contributed by atoms with Crippen LogP contribution in [0.4, 0.5) is 13.2 Å². The van der Waals surface area contributed by atoms with Gasteiger partial charge in [0.15, 0.2) is 0 Å². The summed E-state index contributed by atoms with van der Waals surface area (Å²) in [4.78, 5) is 12.8. The average molecular weight is 266 g/mol. The molecule has 4 nitrogen and oxygen atoms in total. The molecule has 0 aromatic rings. The number of hydrogen-bond donors (Lipinski definition) is 2. The molecule has 0 aromatic heterocycles. The Balaban J connectivity index is 1.94. The van der Waals surface area contributed by atoms with E-state index in [4.69, 9.17) is 5.11 Å². The van der Waals surface area contributed by atoms with Crippen LogP contribution in [0.25, 0.3) is 0 Å². The summed E-state index contributed by atoms with van der Waals surface area (Å²) in [6.45, 7) is 1.77. The van der Waals surface area contributed by atoms with Crippen molar-refractivity contribution in [2.75, 3.05) is 26.2 Å². The monoisotopic (exact) mass is 266 g/mol. The van der Waals surface area contributed by atoms with Gasteiger partial charge in [-0.25, -0.2) is 0 Å². The highest BCUT2D eigenvalue weighted by molar-refractivity contribution is 5.68. The first-order valence-corrected chi connectivity index (χ1v) is 6.08. The molecule has 0 radical (unpaired) electrons. The van der Waals surface area contributed by atoms with Crippen LogP contribution >= 0.6 is 0 Å². The summed E-state index contributed by atoms with van der Waals surface area (Å²) in [5, 5.41) is 11.9. The molecule has 2 fully saturated rings. The van der Waals surface area contributed by atoms with Crippen LogP contribution in [-0.2, 0) is 4.79 Å². The zero-order valence-electron chi connectivity index (χ0n) is 9.96. The summed E-state index contributed by atoms with van der Waals surface area (Å²) in [6.07, 6.45) is -3.98. The molecule has 0 aliphatic carbocycles. The summed E-state index contributed by atoms with van der Waals surface area (Å²) in [5.41, 5.74) is -0.470. The molecule has 7 heteroatoms. The van der Waals surface area contributed by atoms with Crippen molar-refractivity contribution in [3.05, 3.63) is 0 Å². The molecule has 2 rings (SSSR count). The van der Waals surface area contributed by atoms with Crippen molar-refractivity contribution in [2.45, 2.75) is 31.0 Å². The predicted octanol–water partition coefficient (Wildman–Crippen LogP) is 1.08. The fraction of sp³-hybridized carbons (Fsp3) is 0.909. The number of rotatable bonds is 3. The normalized spacial score (nSPS) is 25.7. The van der Waals surface area contributed by atoms with Crippen molar-refractivity contribution in [1.29, 1.82) is 0 Å². The van der Waals surface area contributed by atoms with E-state index in [9.17, 15) is 18.0 Å². The fourth-order valence-corrected chi connectivity index (χ4v) is 2.84. The van der Waals surface area contributed by atoms with Crippen LogP contribution in [0.3, 0.4) is 0 Å². The van der Waals surface area contributed by atoms with Crippen molar-refractivity contribution in [1.82, 2.24) is 10.2 Å². The van der Waals surface area contributed by atoms with E-state index in [1.807, 2.05) is 4.90 Å². The number of piperidine rings is 1. The summed E-state index contributed by atoms with van der Waals surface area (Å²) in [6, 6.07) is 0. The first kappa shape index (κ1) is 13.6. The number of carbonyl (C=O) groups is 1. The smallest absolute Gasteiger partial charge is 0.391 e. The molecule has 0 spiro atoms. The molecule has 0 saturated carbocycles. The third kappa shape index (κ3) is 2.61. The van der Waals surface area contributed by atoms with Gasteiger partial charge in [-0.1, -0.05) is 0 Å². The highest BCUT2D eigenvalue weighted by Crippen LogP contribution is 2.37. The quantitative estimate of drug-likeness (QED) is 0.802. The minimum absolute atomic E-state index is 0.00329. The maximum absolute atomic E-state index is 12.5. The Morgan fingerprint density at radius 2 is 1.89 bits per heavy atom. The lowest BCUT2D eigenvalue weighted by Crippen LogP contribution is -2.70. The van der Waals surface area contributed by atoms with Crippen LogP contribution in [0.1, 0.15) is 19.3 Å². The Morgan fingerprint density at radius 1 is 1.33 bits per heavy atom. The zero-order valence-corrected chi connectivity index (χ0v) is 9.96. The predicted molar refractivity (Wildman–Crippen MR) is 58.2 cm³/mol. The largest absolute Gasteiger partial charge is 0.481 e. The maximum Gasteiger partial charge on any atom is 0.391 e. The number of halogens is 3. The molecule has 0 atom stereocenters. The summed E-state index contributed by atoms with van der Waals surface area (Å²) >= 11 is 0. The SMILES string of the molecule is O=C(O)CC1(N2CCC(C(F)(F)F)CC2)CNC1.